The molecule has 2 unspecified atom stereocenters. The zero-order valence-corrected chi connectivity index (χ0v) is 12.5. The average Bonchev–Trinajstić information content (AvgIpc) is 2.25. The molecule has 94 valence electrons. The quantitative estimate of drug-likeness (QED) is 0.490. The average molecular weight is 276 g/mol. The van der Waals surface area contributed by atoms with E-state index in [1.54, 1.807) is 0 Å². The maximum absolute atomic E-state index is 9.22. The van der Waals surface area contributed by atoms with Crippen LogP contribution in [0.1, 0.15) is 0 Å². The Morgan fingerprint density at radius 2 is 1.67 bits per heavy atom. The van der Waals surface area contributed by atoms with Gasteiger partial charge in [0.2, 0.25) is 0 Å². The highest BCUT2D eigenvalue weighted by atomic mass is 32.1. The minimum absolute atomic E-state index is 0. The van der Waals surface area contributed by atoms with Crippen LogP contribution in [-0.2, 0) is 18.0 Å². The number of ether oxygens (including phenoxy) is 1. The molecule has 0 radical (unpaired) electrons. The predicted molar refractivity (Wildman–Crippen MR) is 68.6 cm³/mol. The standard InChI is InChI=1S/C7H19O5PSi.H2S/c1-9-14(10-2,11-3)6-12-4-7(8)5-13;/h7-8H,4-6,13H2,1-3H3;1H2. The normalized spacial score (nSPS) is 13.4. The molecule has 0 aromatic rings. The van der Waals surface area contributed by atoms with Gasteiger partial charge in [0.1, 0.15) is 6.23 Å². The van der Waals surface area contributed by atoms with Crippen molar-refractivity contribution in [3.05, 3.63) is 0 Å². The van der Waals surface area contributed by atoms with E-state index in [0.29, 0.717) is 6.16 Å². The van der Waals surface area contributed by atoms with Crippen molar-refractivity contribution in [2.24, 2.45) is 0 Å². The molecular weight excluding hydrogens is 255 g/mol. The van der Waals surface area contributed by atoms with Crippen LogP contribution in [0, 0.1) is 0 Å². The van der Waals surface area contributed by atoms with E-state index >= 15 is 0 Å². The molecule has 0 amide bonds. The van der Waals surface area contributed by atoms with Crippen LogP contribution in [0.25, 0.3) is 0 Å². The van der Waals surface area contributed by atoms with E-state index in [-0.39, 0.29) is 26.3 Å². The molecular formula is C7H21O5PSSi. The summed E-state index contributed by atoms with van der Waals surface area (Å²) in [6, 6.07) is 0. The van der Waals surface area contributed by atoms with Gasteiger partial charge in [-0.25, -0.2) is 0 Å². The molecule has 0 saturated heterocycles. The first-order chi connectivity index (χ1) is 6.64. The summed E-state index contributed by atoms with van der Waals surface area (Å²) in [5.41, 5.74) is 0. The Balaban J connectivity index is 0. The van der Waals surface area contributed by atoms with Crippen LogP contribution < -0.4 is 0 Å². The maximum Gasteiger partial charge on any atom is 0.527 e. The summed E-state index contributed by atoms with van der Waals surface area (Å²) in [5.74, 6) is 0. The molecule has 15 heavy (non-hydrogen) atoms. The summed E-state index contributed by atoms with van der Waals surface area (Å²) >= 11 is 0. The Morgan fingerprint density at radius 3 is 2.00 bits per heavy atom. The van der Waals surface area contributed by atoms with Crippen molar-refractivity contribution in [3.8, 4) is 0 Å². The molecule has 0 rings (SSSR count). The van der Waals surface area contributed by atoms with Crippen LogP contribution in [0.3, 0.4) is 0 Å². The van der Waals surface area contributed by atoms with Crippen LogP contribution in [0.5, 0.6) is 0 Å². The second-order valence-electron chi connectivity index (χ2n) is 2.70. The second-order valence-corrected chi connectivity index (χ2v) is 6.05. The third kappa shape index (κ3) is 6.86. The Kier molecular flexibility index (Phi) is 12.1. The first-order valence-electron chi connectivity index (χ1n) is 4.25. The van der Waals surface area contributed by atoms with Gasteiger partial charge >= 0.3 is 8.80 Å². The summed E-state index contributed by atoms with van der Waals surface area (Å²) in [6.45, 7) is 0.258. The lowest BCUT2D eigenvalue weighted by molar-refractivity contribution is 0.0276. The van der Waals surface area contributed by atoms with Crippen molar-refractivity contribution in [2.75, 3.05) is 40.3 Å². The summed E-state index contributed by atoms with van der Waals surface area (Å²) in [7, 11) is 4.37. The van der Waals surface area contributed by atoms with Crippen LogP contribution in [0.2, 0.25) is 0 Å². The molecule has 0 aliphatic carbocycles. The molecule has 0 aromatic carbocycles. The van der Waals surface area contributed by atoms with Crippen LogP contribution in [0.4, 0.5) is 0 Å². The van der Waals surface area contributed by atoms with Crippen molar-refractivity contribution in [3.63, 3.8) is 0 Å². The summed E-state index contributed by atoms with van der Waals surface area (Å²) in [5, 5.41) is 9.22. The smallest absolute Gasteiger partial charge is 0.390 e. The van der Waals surface area contributed by atoms with E-state index in [0.717, 1.165) is 0 Å². The highest BCUT2D eigenvalue weighted by molar-refractivity contribution is 7.59. The summed E-state index contributed by atoms with van der Waals surface area (Å²) in [6.07, 6.45) is 0.358. The molecule has 8 heteroatoms. The van der Waals surface area contributed by atoms with Crippen molar-refractivity contribution < 1.29 is 23.1 Å². The third-order valence-corrected chi connectivity index (χ3v) is 4.76. The van der Waals surface area contributed by atoms with Gasteiger partial charge in [0.15, 0.2) is 0 Å². The largest absolute Gasteiger partial charge is 0.527 e. The van der Waals surface area contributed by atoms with Gasteiger partial charge in [-0.1, -0.05) is 0 Å². The molecule has 0 aliphatic rings. The van der Waals surface area contributed by atoms with E-state index in [2.05, 4.69) is 9.24 Å². The van der Waals surface area contributed by atoms with Gasteiger partial charge in [-0.15, -0.1) is 9.24 Å². The number of rotatable bonds is 8. The fourth-order valence-corrected chi connectivity index (χ4v) is 2.17. The van der Waals surface area contributed by atoms with Gasteiger partial charge in [-0.3, -0.25) is 0 Å². The highest BCUT2D eigenvalue weighted by Crippen LogP contribution is 2.06. The second kappa shape index (κ2) is 9.98. The SMILES string of the molecule is CO[Si](COCC(O)CP)(OC)OC.S. The molecule has 0 fully saturated rings. The lowest BCUT2D eigenvalue weighted by Crippen LogP contribution is -2.48. The monoisotopic (exact) mass is 276 g/mol. The fourth-order valence-electron chi connectivity index (χ4n) is 0.815. The van der Waals surface area contributed by atoms with Crippen molar-refractivity contribution in [1.82, 2.24) is 0 Å². The van der Waals surface area contributed by atoms with E-state index in [1.165, 1.54) is 21.3 Å². The Bertz CT molecular complexity index is 141. The lowest BCUT2D eigenvalue weighted by atomic mass is 10.4. The molecule has 0 aromatic heterocycles. The molecule has 1 N–H and O–H groups in total. The van der Waals surface area contributed by atoms with Crippen LogP contribution >= 0.6 is 22.7 Å². The number of hydrogen-bond acceptors (Lipinski definition) is 5. The first kappa shape index (κ1) is 18.2. The highest BCUT2D eigenvalue weighted by Gasteiger charge is 2.38. The summed E-state index contributed by atoms with van der Waals surface area (Å²) < 4.78 is 20.7. The first-order valence-corrected chi connectivity index (χ1v) is 7.00. The van der Waals surface area contributed by atoms with Crippen molar-refractivity contribution in [1.29, 1.82) is 0 Å². The topological polar surface area (TPSA) is 57.2 Å². The lowest BCUT2D eigenvalue weighted by Gasteiger charge is -2.24. The Labute approximate surface area is 101 Å². The molecule has 0 aliphatic heterocycles. The van der Waals surface area contributed by atoms with E-state index in [1.807, 2.05) is 0 Å². The van der Waals surface area contributed by atoms with Crippen molar-refractivity contribution in [2.45, 2.75) is 6.10 Å². The maximum atomic E-state index is 9.22. The Morgan fingerprint density at radius 1 is 1.20 bits per heavy atom. The van der Waals surface area contributed by atoms with Crippen LogP contribution in [-0.4, -0.2) is 60.3 Å². The molecule has 0 saturated carbocycles. The van der Waals surface area contributed by atoms with E-state index < -0.39 is 14.9 Å². The van der Waals surface area contributed by atoms with E-state index in [9.17, 15) is 5.11 Å². The minimum atomic E-state index is -2.64. The van der Waals surface area contributed by atoms with Gasteiger partial charge < -0.3 is 23.1 Å². The molecule has 0 spiro atoms. The molecule has 2 atom stereocenters. The number of hydrogen-bond donors (Lipinski definition) is 1. The number of aliphatic hydroxyl groups excluding tert-OH is 1. The van der Waals surface area contributed by atoms with Gasteiger partial charge in [0.05, 0.1) is 12.7 Å². The molecule has 5 nitrogen and oxygen atoms in total. The predicted octanol–water partition coefficient (Wildman–Crippen LogP) is -0.231. The van der Waals surface area contributed by atoms with Gasteiger partial charge in [-0.05, 0) is 6.16 Å². The van der Waals surface area contributed by atoms with Gasteiger partial charge in [0, 0.05) is 21.3 Å². The molecule has 0 bridgehead atoms. The molecule has 0 heterocycles. The van der Waals surface area contributed by atoms with Gasteiger partial charge in [-0.2, -0.15) is 13.5 Å². The van der Waals surface area contributed by atoms with E-state index in [4.69, 9.17) is 18.0 Å². The zero-order chi connectivity index (χ0) is 11.0. The summed E-state index contributed by atoms with van der Waals surface area (Å²) in [4.78, 5) is 0. The Hall–Kier alpha value is 0.797. The minimum Gasteiger partial charge on any atom is -0.390 e. The fraction of sp³-hybridized carbons (Fsp3) is 1.00. The van der Waals surface area contributed by atoms with Gasteiger partial charge in [0.25, 0.3) is 0 Å². The third-order valence-electron chi connectivity index (χ3n) is 1.79. The van der Waals surface area contributed by atoms with Crippen molar-refractivity contribution >= 4 is 31.5 Å². The number of aliphatic hydroxyl groups is 1. The van der Waals surface area contributed by atoms with Crippen LogP contribution in [0.15, 0.2) is 0 Å². The zero-order valence-electron chi connectivity index (χ0n) is 9.36.